The van der Waals surface area contributed by atoms with Crippen LogP contribution in [0, 0.1) is 0 Å². The quantitative estimate of drug-likeness (QED) is 0.452. The highest BCUT2D eigenvalue weighted by molar-refractivity contribution is 7.09. The van der Waals surface area contributed by atoms with Crippen LogP contribution in [0.2, 0.25) is 0 Å². The number of nitrogens with one attached hydrogen (secondary N) is 2. The Bertz CT molecular complexity index is 900. The number of hydrogen-bond acceptors (Lipinski definition) is 4. The van der Waals surface area contributed by atoms with Crippen molar-refractivity contribution in [1.82, 2.24) is 15.6 Å². The van der Waals surface area contributed by atoms with Crippen molar-refractivity contribution in [2.45, 2.75) is 25.9 Å². The number of aromatic nitrogens is 1. The molecule has 0 amide bonds. The predicted octanol–water partition coefficient (Wildman–Crippen LogP) is 4.25. The molecule has 150 valence electrons. The smallest absolute Gasteiger partial charge is 0.434 e. The molecule has 0 atom stereocenters. The maximum absolute atomic E-state index is 12.6. The second kappa shape index (κ2) is 9.09. The van der Waals surface area contributed by atoms with Crippen LogP contribution in [0.4, 0.5) is 13.2 Å². The molecule has 0 saturated heterocycles. The first-order chi connectivity index (χ1) is 13.5. The van der Waals surface area contributed by atoms with Gasteiger partial charge in [-0.25, -0.2) is 4.98 Å². The molecule has 0 aliphatic rings. The maximum Gasteiger partial charge on any atom is 0.434 e. The first-order valence-corrected chi connectivity index (χ1v) is 9.85. The van der Waals surface area contributed by atoms with Crippen LogP contribution in [0.15, 0.2) is 45.1 Å². The van der Waals surface area contributed by atoms with E-state index in [0.717, 1.165) is 33.4 Å². The number of benzene rings is 1. The third-order valence-electron chi connectivity index (χ3n) is 3.92. The molecule has 28 heavy (non-hydrogen) atoms. The van der Waals surface area contributed by atoms with Crippen molar-refractivity contribution in [2.75, 3.05) is 19.6 Å². The third kappa shape index (κ3) is 5.48. The zero-order chi connectivity index (χ0) is 20.0. The predicted molar refractivity (Wildman–Crippen MR) is 105 cm³/mol. The minimum absolute atomic E-state index is 0.352. The zero-order valence-corrected chi connectivity index (χ0v) is 16.2. The molecule has 3 rings (SSSR count). The van der Waals surface area contributed by atoms with Crippen LogP contribution in [0.3, 0.4) is 0 Å². The van der Waals surface area contributed by atoms with Gasteiger partial charge in [-0.2, -0.15) is 13.2 Å². The lowest BCUT2D eigenvalue weighted by molar-refractivity contribution is -0.140. The lowest BCUT2D eigenvalue weighted by atomic mass is 10.2. The van der Waals surface area contributed by atoms with Gasteiger partial charge in [-0.15, -0.1) is 11.3 Å². The summed E-state index contributed by atoms with van der Waals surface area (Å²) in [5.74, 6) is 1.50. The number of para-hydroxylation sites is 1. The largest absolute Gasteiger partial charge is 0.461 e. The number of aliphatic imine (C=N–C) groups is 1. The zero-order valence-electron chi connectivity index (χ0n) is 15.3. The fraction of sp³-hybridized carbons (Fsp3) is 0.368. The number of fused-ring (bicyclic) bond motifs is 1. The number of furan rings is 1. The van der Waals surface area contributed by atoms with E-state index in [-0.39, 0.29) is 0 Å². The van der Waals surface area contributed by atoms with E-state index >= 15 is 0 Å². The highest BCUT2D eigenvalue weighted by Gasteiger charge is 2.33. The van der Waals surface area contributed by atoms with E-state index in [1.165, 1.54) is 0 Å². The Morgan fingerprint density at radius 2 is 2.04 bits per heavy atom. The Morgan fingerprint density at radius 3 is 2.75 bits per heavy atom. The van der Waals surface area contributed by atoms with Crippen molar-refractivity contribution >= 4 is 28.3 Å². The van der Waals surface area contributed by atoms with E-state index in [1.807, 2.05) is 37.3 Å². The monoisotopic (exact) mass is 410 g/mol. The molecule has 0 unspecified atom stereocenters. The Morgan fingerprint density at radius 1 is 1.21 bits per heavy atom. The summed E-state index contributed by atoms with van der Waals surface area (Å²) in [4.78, 5) is 8.02. The molecule has 5 nitrogen and oxygen atoms in total. The van der Waals surface area contributed by atoms with E-state index in [2.05, 4.69) is 20.6 Å². The number of alkyl halides is 3. The van der Waals surface area contributed by atoms with Crippen LogP contribution in [0.5, 0.6) is 0 Å². The number of hydrogen-bond donors (Lipinski definition) is 2. The molecule has 2 aromatic heterocycles. The van der Waals surface area contributed by atoms with Gasteiger partial charge in [-0.05, 0) is 19.1 Å². The molecular formula is C19H21F3N4OS. The number of thiazole rings is 1. The number of nitrogens with zero attached hydrogens (tertiary/aromatic N) is 2. The Kier molecular flexibility index (Phi) is 6.56. The van der Waals surface area contributed by atoms with Gasteiger partial charge >= 0.3 is 6.18 Å². The molecule has 3 aromatic rings. The molecule has 9 heteroatoms. The summed E-state index contributed by atoms with van der Waals surface area (Å²) in [5, 5.41) is 8.87. The third-order valence-corrected chi connectivity index (χ3v) is 4.83. The SMILES string of the molecule is CCNC(=NCCc1nc(C(F)(F)F)cs1)NCCc1cc2ccccc2o1. The van der Waals surface area contributed by atoms with Gasteiger partial charge in [0.05, 0.1) is 5.01 Å². The van der Waals surface area contributed by atoms with Crippen LogP contribution in [-0.2, 0) is 19.0 Å². The van der Waals surface area contributed by atoms with Crippen molar-refractivity contribution < 1.29 is 17.6 Å². The lowest BCUT2D eigenvalue weighted by Gasteiger charge is -2.10. The second-order valence-corrected chi connectivity index (χ2v) is 7.00. The second-order valence-electron chi connectivity index (χ2n) is 6.06. The number of halogens is 3. The summed E-state index contributed by atoms with van der Waals surface area (Å²) >= 11 is 1.00. The van der Waals surface area contributed by atoms with Gasteiger partial charge in [0.25, 0.3) is 0 Å². The van der Waals surface area contributed by atoms with Crippen LogP contribution in [0.1, 0.15) is 23.4 Å². The summed E-state index contributed by atoms with van der Waals surface area (Å²) in [6.45, 7) is 3.62. The van der Waals surface area contributed by atoms with E-state index in [4.69, 9.17) is 4.42 Å². The van der Waals surface area contributed by atoms with Crippen molar-refractivity contribution in [2.24, 2.45) is 4.99 Å². The Labute approximate surface area is 164 Å². The molecule has 0 spiro atoms. The van der Waals surface area contributed by atoms with Crippen molar-refractivity contribution in [1.29, 1.82) is 0 Å². The summed E-state index contributed by atoms with van der Waals surface area (Å²) in [5.41, 5.74) is 0.0205. The van der Waals surface area contributed by atoms with Crippen LogP contribution < -0.4 is 10.6 Å². The molecule has 2 heterocycles. The van der Waals surface area contributed by atoms with E-state index < -0.39 is 11.9 Å². The first kappa shape index (κ1) is 20.2. The first-order valence-electron chi connectivity index (χ1n) is 8.97. The fourth-order valence-electron chi connectivity index (χ4n) is 2.63. The van der Waals surface area contributed by atoms with Gasteiger partial charge in [0, 0.05) is 43.2 Å². The van der Waals surface area contributed by atoms with Crippen molar-refractivity contribution in [3.63, 3.8) is 0 Å². The van der Waals surface area contributed by atoms with Crippen molar-refractivity contribution in [3.05, 3.63) is 52.2 Å². The topological polar surface area (TPSA) is 62.5 Å². The van der Waals surface area contributed by atoms with Crippen molar-refractivity contribution in [3.8, 4) is 0 Å². The molecule has 0 bridgehead atoms. The normalized spacial score (nSPS) is 12.5. The average molecular weight is 410 g/mol. The van der Waals surface area contributed by atoms with E-state index in [0.29, 0.717) is 43.4 Å². The van der Waals surface area contributed by atoms with Gasteiger partial charge in [-0.3, -0.25) is 4.99 Å². The van der Waals surface area contributed by atoms with Crippen LogP contribution >= 0.6 is 11.3 Å². The molecule has 0 aliphatic carbocycles. The molecule has 0 radical (unpaired) electrons. The molecule has 0 fully saturated rings. The van der Waals surface area contributed by atoms with Gasteiger partial charge < -0.3 is 15.1 Å². The molecule has 0 saturated carbocycles. The lowest BCUT2D eigenvalue weighted by Crippen LogP contribution is -2.38. The summed E-state index contributed by atoms with van der Waals surface area (Å²) < 4.78 is 43.5. The molecule has 2 N–H and O–H groups in total. The highest BCUT2D eigenvalue weighted by atomic mass is 32.1. The maximum atomic E-state index is 12.6. The Balaban J connectivity index is 1.50. The summed E-state index contributed by atoms with van der Waals surface area (Å²) in [7, 11) is 0. The van der Waals surface area contributed by atoms with Crippen LogP contribution in [-0.4, -0.2) is 30.6 Å². The van der Waals surface area contributed by atoms with E-state index in [9.17, 15) is 13.2 Å². The highest BCUT2D eigenvalue weighted by Crippen LogP contribution is 2.30. The standard InChI is InChI=1S/C19H21F3N4OS/c1-2-23-18(25-10-8-17-26-16(12-28-17)19(20,21)22)24-9-7-14-11-13-5-3-4-6-15(13)27-14/h3-6,11-12H,2,7-10H2,1H3,(H2,23,24,25). The number of guanidine groups is 1. The van der Waals surface area contributed by atoms with E-state index in [1.54, 1.807) is 0 Å². The molecular weight excluding hydrogens is 389 g/mol. The average Bonchev–Trinajstić information content (AvgIpc) is 3.28. The molecule has 0 aliphatic heterocycles. The number of rotatable bonds is 7. The fourth-order valence-corrected chi connectivity index (χ4v) is 3.42. The summed E-state index contributed by atoms with van der Waals surface area (Å²) in [6, 6.07) is 9.85. The van der Waals surface area contributed by atoms with Gasteiger partial charge in [0.1, 0.15) is 11.3 Å². The van der Waals surface area contributed by atoms with Gasteiger partial charge in [-0.1, -0.05) is 18.2 Å². The Hall–Kier alpha value is -2.55. The van der Waals surface area contributed by atoms with Gasteiger partial charge in [0.2, 0.25) is 0 Å². The minimum atomic E-state index is -4.40. The van der Waals surface area contributed by atoms with Gasteiger partial charge in [0.15, 0.2) is 11.7 Å². The minimum Gasteiger partial charge on any atom is -0.461 e. The van der Waals surface area contributed by atoms with Crippen LogP contribution in [0.25, 0.3) is 11.0 Å². The molecule has 1 aromatic carbocycles. The summed E-state index contributed by atoms with van der Waals surface area (Å²) in [6.07, 6.45) is -3.34.